The van der Waals surface area contributed by atoms with Gasteiger partial charge in [-0.3, -0.25) is 18.9 Å². The Morgan fingerprint density at radius 2 is 1.74 bits per heavy atom. The molecular weight excluding hydrogens is 675 g/mol. The monoisotopic (exact) mass is 712 g/mol. The summed E-state index contributed by atoms with van der Waals surface area (Å²) in [6.07, 6.45) is 6.71. The zero-order valence-corrected chi connectivity index (χ0v) is 29.2. The number of hydrogen-bond donors (Lipinski definition) is 3. The SMILES string of the molecule is COc1nc(-c2cccc(-c3cccc(-c4ccn5c(=O)c(CN6CCC[C@@H]6CO)cnc5c4)c3Cl)c2Cl)ccc1CNC[C@@H]1CCC(=O)N1. The number of aliphatic hydroxyl groups is 1. The van der Waals surface area contributed by atoms with Gasteiger partial charge >= 0.3 is 0 Å². The van der Waals surface area contributed by atoms with Crippen molar-refractivity contribution in [3.8, 4) is 39.4 Å². The number of aromatic nitrogens is 3. The van der Waals surface area contributed by atoms with Crippen LogP contribution >= 0.6 is 23.2 Å². The van der Waals surface area contributed by atoms with Crippen molar-refractivity contribution in [3.63, 3.8) is 0 Å². The molecule has 0 radical (unpaired) electrons. The van der Waals surface area contributed by atoms with Gasteiger partial charge in [-0.05, 0) is 49.6 Å². The van der Waals surface area contributed by atoms with Crippen LogP contribution < -0.4 is 20.9 Å². The van der Waals surface area contributed by atoms with Gasteiger partial charge in [0.25, 0.3) is 5.56 Å². The first-order valence-corrected chi connectivity index (χ1v) is 17.6. The van der Waals surface area contributed by atoms with E-state index in [0.717, 1.165) is 59.2 Å². The minimum absolute atomic E-state index is 0.0766. The number of nitrogens with zero attached hydrogens (tertiary/aromatic N) is 4. The summed E-state index contributed by atoms with van der Waals surface area (Å²) in [5.74, 6) is 0.589. The number of halogens is 2. The fourth-order valence-corrected chi connectivity index (χ4v) is 7.62. The Hall–Kier alpha value is -4.32. The molecule has 50 heavy (non-hydrogen) atoms. The summed E-state index contributed by atoms with van der Waals surface area (Å²) in [5, 5.41) is 17.1. The first-order chi connectivity index (χ1) is 24.3. The summed E-state index contributed by atoms with van der Waals surface area (Å²) >= 11 is 14.2. The van der Waals surface area contributed by atoms with Gasteiger partial charge < -0.3 is 20.5 Å². The van der Waals surface area contributed by atoms with Gasteiger partial charge in [0.05, 0.1) is 35.0 Å². The third-order valence-electron chi connectivity index (χ3n) is 9.66. The van der Waals surface area contributed by atoms with E-state index in [2.05, 4.69) is 20.5 Å². The number of carbonyl (C=O) groups is 1. The predicted molar refractivity (Wildman–Crippen MR) is 196 cm³/mol. The van der Waals surface area contributed by atoms with Crippen molar-refractivity contribution in [2.24, 2.45) is 0 Å². The maximum Gasteiger partial charge on any atom is 0.262 e. The number of rotatable bonds is 11. The summed E-state index contributed by atoms with van der Waals surface area (Å²) < 4.78 is 7.20. The van der Waals surface area contributed by atoms with Crippen LogP contribution in [0.3, 0.4) is 0 Å². The van der Waals surface area contributed by atoms with E-state index in [4.69, 9.17) is 32.9 Å². The molecule has 5 aromatic rings. The molecule has 12 heteroatoms. The Labute approximate surface area is 300 Å². The first kappa shape index (κ1) is 34.1. The predicted octanol–water partition coefficient (Wildman–Crippen LogP) is 5.73. The molecule has 2 saturated heterocycles. The number of amides is 1. The number of ether oxygens (including phenoxy) is 1. The molecule has 2 aromatic carbocycles. The normalized spacial score (nSPS) is 17.8. The number of benzene rings is 2. The van der Waals surface area contributed by atoms with Crippen molar-refractivity contribution in [1.29, 1.82) is 0 Å². The van der Waals surface area contributed by atoms with Gasteiger partial charge in [0, 0.05) is 78.3 Å². The van der Waals surface area contributed by atoms with Crippen LogP contribution in [0.2, 0.25) is 10.0 Å². The van der Waals surface area contributed by atoms with E-state index in [-0.39, 0.29) is 30.2 Å². The molecule has 10 nitrogen and oxygen atoms in total. The summed E-state index contributed by atoms with van der Waals surface area (Å²) in [6.45, 7) is 2.62. The Morgan fingerprint density at radius 3 is 2.48 bits per heavy atom. The molecule has 2 atom stereocenters. The zero-order chi connectivity index (χ0) is 34.8. The van der Waals surface area contributed by atoms with Crippen LogP contribution in [0.1, 0.15) is 36.8 Å². The van der Waals surface area contributed by atoms with Crippen LogP contribution in [-0.4, -0.2) is 69.2 Å². The average molecular weight is 714 g/mol. The molecular formula is C38H38Cl2N6O4. The summed E-state index contributed by atoms with van der Waals surface area (Å²) in [7, 11) is 1.59. The fraction of sp³-hybridized carbons (Fsp3) is 0.316. The van der Waals surface area contributed by atoms with Gasteiger partial charge in [0.15, 0.2) is 0 Å². The highest BCUT2D eigenvalue weighted by atomic mass is 35.5. The molecule has 0 saturated carbocycles. The molecule has 2 aliphatic rings. The van der Waals surface area contributed by atoms with Crippen molar-refractivity contribution in [2.75, 3.05) is 26.8 Å². The molecule has 0 unspecified atom stereocenters. The minimum atomic E-state index is -0.123. The molecule has 0 aliphatic carbocycles. The number of methoxy groups -OCH3 is 1. The van der Waals surface area contributed by atoms with Crippen molar-refractivity contribution in [1.82, 2.24) is 29.9 Å². The van der Waals surface area contributed by atoms with Crippen molar-refractivity contribution >= 4 is 34.8 Å². The van der Waals surface area contributed by atoms with E-state index < -0.39 is 0 Å². The van der Waals surface area contributed by atoms with Gasteiger partial charge in [-0.25, -0.2) is 9.97 Å². The number of carbonyl (C=O) groups excluding carboxylic acids is 1. The van der Waals surface area contributed by atoms with Crippen LogP contribution in [-0.2, 0) is 17.9 Å². The highest BCUT2D eigenvalue weighted by Crippen LogP contribution is 2.42. The van der Waals surface area contributed by atoms with E-state index in [0.29, 0.717) is 58.9 Å². The second-order valence-electron chi connectivity index (χ2n) is 12.8. The number of pyridine rings is 2. The molecule has 7 rings (SSSR count). The van der Waals surface area contributed by atoms with Gasteiger partial charge in [-0.2, -0.15) is 0 Å². The summed E-state index contributed by atoms with van der Waals surface area (Å²) in [4.78, 5) is 36.4. The van der Waals surface area contributed by atoms with E-state index >= 15 is 0 Å². The van der Waals surface area contributed by atoms with Crippen LogP contribution in [0.5, 0.6) is 5.88 Å². The standard InChI is InChI=1S/C38H38Cl2N6O4/c1-50-37-24(18-41-20-26-11-13-34(48)43-26)10-12-32(44-37)31-9-3-8-30(36(31)40)29-7-2-6-28(35(29)39)23-14-16-46-33(17-23)42-19-25(38(46)49)21-45-15-4-5-27(45)22-47/h2-3,6-10,12,14,16-17,19,26-27,41,47H,4-5,11,13,15,18,20-22H2,1H3,(H,43,48)/t26-,27+/m0/s1. The van der Waals surface area contributed by atoms with E-state index in [1.165, 1.54) is 0 Å². The third-order valence-corrected chi connectivity index (χ3v) is 10.5. The highest BCUT2D eigenvalue weighted by molar-refractivity contribution is 6.39. The topological polar surface area (TPSA) is 121 Å². The van der Waals surface area contributed by atoms with Crippen LogP contribution in [0.15, 0.2) is 77.9 Å². The number of aliphatic hydroxyl groups excluding tert-OH is 1. The maximum absolute atomic E-state index is 13.4. The molecule has 258 valence electrons. The van der Waals surface area contributed by atoms with Crippen LogP contribution in [0.25, 0.3) is 39.2 Å². The lowest BCUT2D eigenvalue weighted by Gasteiger charge is -2.22. The lowest BCUT2D eigenvalue weighted by atomic mass is 9.97. The first-order valence-electron chi connectivity index (χ1n) is 16.8. The highest BCUT2D eigenvalue weighted by Gasteiger charge is 2.25. The molecule has 5 heterocycles. The lowest BCUT2D eigenvalue weighted by Crippen LogP contribution is -2.35. The Kier molecular flexibility index (Phi) is 10.2. The molecule has 3 N–H and O–H groups in total. The van der Waals surface area contributed by atoms with E-state index in [9.17, 15) is 14.7 Å². The van der Waals surface area contributed by atoms with Crippen molar-refractivity contribution in [2.45, 2.75) is 50.9 Å². The summed E-state index contributed by atoms with van der Waals surface area (Å²) in [6, 6.07) is 19.4. The van der Waals surface area contributed by atoms with Crippen molar-refractivity contribution in [3.05, 3.63) is 105 Å². The molecule has 2 fully saturated rings. The van der Waals surface area contributed by atoms with E-state index in [1.807, 2.05) is 60.7 Å². The second kappa shape index (κ2) is 14.9. The minimum Gasteiger partial charge on any atom is -0.481 e. The largest absolute Gasteiger partial charge is 0.481 e. The van der Waals surface area contributed by atoms with Crippen LogP contribution in [0, 0.1) is 0 Å². The van der Waals surface area contributed by atoms with Crippen molar-refractivity contribution < 1.29 is 14.6 Å². The molecule has 2 aliphatic heterocycles. The Morgan fingerprint density at radius 1 is 0.980 bits per heavy atom. The summed E-state index contributed by atoms with van der Waals surface area (Å²) in [5.41, 5.74) is 6.39. The molecule has 1 amide bonds. The van der Waals surface area contributed by atoms with Gasteiger partial charge in [-0.15, -0.1) is 0 Å². The number of nitrogens with one attached hydrogen (secondary N) is 2. The van der Waals surface area contributed by atoms with Gasteiger partial charge in [0.1, 0.15) is 5.65 Å². The Balaban J connectivity index is 1.14. The number of hydrogen-bond acceptors (Lipinski definition) is 8. The third kappa shape index (κ3) is 6.86. The molecule has 0 bridgehead atoms. The number of likely N-dealkylation sites (tertiary alicyclic amines) is 1. The molecule has 3 aromatic heterocycles. The average Bonchev–Trinajstić information content (AvgIpc) is 3.77. The lowest BCUT2D eigenvalue weighted by molar-refractivity contribution is -0.119. The van der Waals surface area contributed by atoms with E-state index in [1.54, 1.807) is 23.9 Å². The smallest absolute Gasteiger partial charge is 0.262 e. The van der Waals surface area contributed by atoms with Gasteiger partial charge in [-0.1, -0.05) is 65.7 Å². The fourth-order valence-electron chi connectivity index (χ4n) is 6.96. The Bertz CT molecular complexity index is 2120. The number of fused-ring (bicyclic) bond motifs is 1. The molecule has 0 spiro atoms. The second-order valence-corrected chi connectivity index (χ2v) is 13.6. The quantitative estimate of drug-likeness (QED) is 0.159. The maximum atomic E-state index is 13.4. The van der Waals surface area contributed by atoms with Gasteiger partial charge in [0.2, 0.25) is 11.8 Å². The zero-order valence-electron chi connectivity index (χ0n) is 27.7. The van der Waals surface area contributed by atoms with Crippen LogP contribution in [0.4, 0.5) is 0 Å².